The van der Waals surface area contributed by atoms with Gasteiger partial charge in [-0.3, -0.25) is 0 Å². The van der Waals surface area contributed by atoms with Crippen LogP contribution in [0.4, 0.5) is 0 Å². The molecule has 17 heavy (non-hydrogen) atoms. The van der Waals surface area contributed by atoms with E-state index < -0.39 is 0 Å². The standard InChI is InChI=1S/C15H22IN/c1-2-10-17-12-15(8-3-9-15)11-13-4-6-14(16)7-5-13/h4-7,17H,2-3,8-12H2,1H3. The highest BCUT2D eigenvalue weighted by Crippen LogP contribution is 2.43. The molecule has 0 aliphatic heterocycles. The quantitative estimate of drug-likeness (QED) is 0.608. The number of hydrogen-bond acceptors (Lipinski definition) is 1. The first-order valence-electron chi connectivity index (χ1n) is 6.69. The molecule has 1 nitrogen and oxygen atoms in total. The molecule has 1 aliphatic carbocycles. The van der Waals surface area contributed by atoms with Crippen LogP contribution in [0.5, 0.6) is 0 Å². The lowest BCUT2D eigenvalue weighted by Gasteiger charge is -2.42. The highest BCUT2D eigenvalue weighted by Gasteiger charge is 2.36. The van der Waals surface area contributed by atoms with Gasteiger partial charge in [-0.1, -0.05) is 25.5 Å². The molecule has 0 saturated heterocycles. The summed E-state index contributed by atoms with van der Waals surface area (Å²) in [5.41, 5.74) is 2.06. The van der Waals surface area contributed by atoms with Gasteiger partial charge in [0.2, 0.25) is 0 Å². The van der Waals surface area contributed by atoms with E-state index in [0.717, 1.165) is 6.54 Å². The molecule has 0 amide bonds. The van der Waals surface area contributed by atoms with Crippen LogP contribution in [0.25, 0.3) is 0 Å². The van der Waals surface area contributed by atoms with Crippen molar-refractivity contribution < 1.29 is 0 Å². The summed E-state index contributed by atoms with van der Waals surface area (Å²) >= 11 is 2.37. The van der Waals surface area contributed by atoms with Crippen LogP contribution in [0.2, 0.25) is 0 Å². The van der Waals surface area contributed by atoms with Gasteiger partial charge in [0.25, 0.3) is 0 Å². The molecular weight excluding hydrogens is 321 g/mol. The van der Waals surface area contributed by atoms with E-state index in [2.05, 4.69) is 59.1 Å². The number of nitrogens with one attached hydrogen (secondary N) is 1. The van der Waals surface area contributed by atoms with Crippen molar-refractivity contribution in [1.82, 2.24) is 5.32 Å². The van der Waals surface area contributed by atoms with Crippen molar-refractivity contribution >= 4 is 22.6 Å². The zero-order valence-electron chi connectivity index (χ0n) is 10.6. The second-order valence-corrected chi connectivity index (χ2v) is 6.58. The minimum Gasteiger partial charge on any atom is -0.316 e. The Labute approximate surface area is 119 Å². The average Bonchev–Trinajstić information content (AvgIpc) is 2.29. The fourth-order valence-electron chi connectivity index (χ4n) is 2.66. The molecule has 1 aromatic carbocycles. The summed E-state index contributed by atoms with van der Waals surface area (Å²) < 4.78 is 1.33. The van der Waals surface area contributed by atoms with Crippen molar-refractivity contribution in [2.24, 2.45) is 5.41 Å². The predicted molar refractivity (Wildman–Crippen MR) is 82.3 cm³/mol. The van der Waals surface area contributed by atoms with E-state index in [1.807, 2.05) is 0 Å². The van der Waals surface area contributed by atoms with Gasteiger partial charge in [-0.05, 0) is 77.9 Å². The molecule has 2 rings (SSSR count). The molecule has 94 valence electrons. The lowest BCUT2D eigenvalue weighted by molar-refractivity contribution is 0.130. The monoisotopic (exact) mass is 343 g/mol. The average molecular weight is 343 g/mol. The van der Waals surface area contributed by atoms with Crippen LogP contribution < -0.4 is 5.32 Å². The topological polar surface area (TPSA) is 12.0 Å². The Bertz CT molecular complexity index is 340. The van der Waals surface area contributed by atoms with Crippen molar-refractivity contribution in [2.45, 2.75) is 39.0 Å². The van der Waals surface area contributed by atoms with Crippen LogP contribution in [0.3, 0.4) is 0 Å². The lowest BCUT2D eigenvalue weighted by Crippen LogP contribution is -2.41. The van der Waals surface area contributed by atoms with Gasteiger partial charge in [-0.15, -0.1) is 0 Å². The van der Waals surface area contributed by atoms with Gasteiger partial charge in [0.15, 0.2) is 0 Å². The maximum absolute atomic E-state index is 3.61. The Hall–Kier alpha value is -0.0900. The van der Waals surface area contributed by atoms with Gasteiger partial charge in [-0.2, -0.15) is 0 Å². The largest absolute Gasteiger partial charge is 0.316 e. The Morgan fingerprint density at radius 3 is 2.47 bits per heavy atom. The van der Waals surface area contributed by atoms with Crippen molar-refractivity contribution in [3.63, 3.8) is 0 Å². The number of hydrogen-bond donors (Lipinski definition) is 1. The predicted octanol–water partition coefficient (Wildman–Crippen LogP) is 4.00. The minimum atomic E-state index is 0.557. The second kappa shape index (κ2) is 6.19. The van der Waals surface area contributed by atoms with Crippen LogP contribution in [-0.2, 0) is 6.42 Å². The third kappa shape index (κ3) is 3.68. The van der Waals surface area contributed by atoms with Crippen LogP contribution in [0.1, 0.15) is 38.2 Å². The Morgan fingerprint density at radius 1 is 1.24 bits per heavy atom. The maximum Gasteiger partial charge on any atom is 0.0130 e. The van der Waals surface area contributed by atoms with E-state index >= 15 is 0 Å². The van der Waals surface area contributed by atoms with Crippen LogP contribution >= 0.6 is 22.6 Å². The van der Waals surface area contributed by atoms with E-state index in [1.165, 1.54) is 47.8 Å². The first-order valence-corrected chi connectivity index (χ1v) is 7.77. The normalized spacial score (nSPS) is 17.8. The summed E-state index contributed by atoms with van der Waals surface area (Å²) in [6, 6.07) is 9.03. The van der Waals surface area contributed by atoms with Crippen molar-refractivity contribution in [3.05, 3.63) is 33.4 Å². The van der Waals surface area contributed by atoms with E-state index in [4.69, 9.17) is 0 Å². The first kappa shape index (κ1) is 13.3. The van der Waals surface area contributed by atoms with Gasteiger partial charge in [0.1, 0.15) is 0 Å². The zero-order chi connectivity index (χ0) is 12.1. The molecule has 2 heteroatoms. The van der Waals surface area contributed by atoms with Gasteiger partial charge in [0.05, 0.1) is 0 Å². The molecule has 1 N–H and O–H groups in total. The molecule has 1 aromatic rings. The molecule has 1 saturated carbocycles. The van der Waals surface area contributed by atoms with Crippen LogP contribution in [-0.4, -0.2) is 13.1 Å². The zero-order valence-corrected chi connectivity index (χ0v) is 12.8. The lowest BCUT2D eigenvalue weighted by atomic mass is 9.65. The molecule has 0 heterocycles. The maximum atomic E-state index is 3.61. The molecule has 0 spiro atoms. The van der Waals surface area contributed by atoms with Crippen molar-refractivity contribution in [2.75, 3.05) is 13.1 Å². The molecule has 1 fully saturated rings. The smallest absolute Gasteiger partial charge is 0.0130 e. The summed E-state index contributed by atoms with van der Waals surface area (Å²) in [5, 5.41) is 3.61. The van der Waals surface area contributed by atoms with Crippen molar-refractivity contribution in [3.8, 4) is 0 Å². The number of rotatable bonds is 6. The Balaban J connectivity index is 1.92. The molecule has 1 aliphatic rings. The first-order chi connectivity index (χ1) is 8.24. The molecule has 0 aromatic heterocycles. The molecule has 0 bridgehead atoms. The van der Waals surface area contributed by atoms with Gasteiger partial charge in [-0.25, -0.2) is 0 Å². The third-order valence-electron chi connectivity index (χ3n) is 3.83. The SMILES string of the molecule is CCCNCC1(Cc2ccc(I)cc2)CCC1. The van der Waals surface area contributed by atoms with Crippen molar-refractivity contribution in [1.29, 1.82) is 0 Å². The highest BCUT2D eigenvalue weighted by atomic mass is 127. The fraction of sp³-hybridized carbons (Fsp3) is 0.600. The molecular formula is C15H22IN. The van der Waals surface area contributed by atoms with Crippen LogP contribution in [0, 0.1) is 8.99 Å². The molecule has 0 unspecified atom stereocenters. The van der Waals surface area contributed by atoms with Crippen LogP contribution in [0.15, 0.2) is 24.3 Å². The van der Waals surface area contributed by atoms with E-state index in [1.54, 1.807) is 0 Å². The highest BCUT2D eigenvalue weighted by molar-refractivity contribution is 14.1. The Kier molecular flexibility index (Phi) is 4.86. The van der Waals surface area contributed by atoms with Gasteiger partial charge < -0.3 is 5.32 Å². The van der Waals surface area contributed by atoms with Gasteiger partial charge >= 0.3 is 0 Å². The minimum absolute atomic E-state index is 0.557. The number of halogens is 1. The fourth-order valence-corrected chi connectivity index (χ4v) is 3.02. The number of benzene rings is 1. The van der Waals surface area contributed by atoms with E-state index in [0.29, 0.717) is 5.41 Å². The molecule has 0 radical (unpaired) electrons. The van der Waals surface area contributed by atoms with E-state index in [-0.39, 0.29) is 0 Å². The van der Waals surface area contributed by atoms with Gasteiger partial charge in [0, 0.05) is 10.1 Å². The summed E-state index contributed by atoms with van der Waals surface area (Å²) in [6.45, 7) is 4.60. The third-order valence-corrected chi connectivity index (χ3v) is 4.55. The summed E-state index contributed by atoms with van der Waals surface area (Å²) in [5.74, 6) is 0. The summed E-state index contributed by atoms with van der Waals surface area (Å²) in [7, 11) is 0. The summed E-state index contributed by atoms with van der Waals surface area (Å²) in [6.07, 6.45) is 6.70. The molecule has 0 atom stereocenters. The summed E-state index contributed by atoms with van der Waals surface area (Å²) in [4.78, 5) is 0. The Morgan fingerprint density at radius 2 is 1.94 bits per heavy atom. The van der Waals surface area contributed by atoms with E-state index in [9.17, 15) is 0 Å². The second-order valence-electron chi connectivity index (χ2n) is 5.33.